The van der Waals surface area contributed by atoms with Gasteiger partial charge in [-0.25, -0.2) is 8.78 Å². The molecule has 6 fully saturated rings. The number of hydrogen-bond donors (Lipinski definition) is 3. The van der Waals surface area contributed by atoms with Crippen LogP contribution < -0.4 is 16.0 Å². The summed E-state index contributed by atoms with van der Waals surface area (Å²) in [6, 6.07) is -0.586. The van der Waals surface area contributed by atoms with Gasteiger partial charge in [0.05, 0.1) is 24.9 Å². The van der Waals surface area contributed by atoms with Crippen LogP contribution >= 0.6 is 0 Å². The summed E-state index contributed by atoms with van der Waals surface area (Å²) in [6.45, 7) is 2.61. The van der Waals surface area contributed by atoms with Gasteiger partial charge in [-0.2, -0.15) is 26.3 Å². The van der Waals surface area contributed by atoms with Crippen molar-refractivity contribution in [2.24, 2.45) is 0 Å². The van der Waals surface area contributed by atoms with Gasteiger partial charge in [0.2, 0.25) is 0 Å². The van der Waals surface area contributed by atoms with E-state index < -0.39 is 41.6 Å². The molecule has 1 spiro atoms. The summed E-state index contributed by atoms with van der Waals surface area (Å²) >= 11 is 0. The number of rotatable bonds is 0. The molecule has 6 aliphatic rings. The summed E-state index contributed by atoms with van der Waals surface area (Å²) in [5, 5.41) is 8.58. The molecule has 0 radical (unpaired) electrons. The summed E-state index contributed by atoms with van der Waals surface area (Å²) in [7, 11) is 0. The molecule has 5 aliphatic heterocycles. The highest BCUT2D eigenvalue weighted by molar-refractivity contribution is 5.05. The lowest BCUT2D eigenvalue weighted by atomic mass is 9.76. The summed E-state index contributed by atoms with van der Waals surface area (Å²) in [5.41, 5.74) is -2.39. The second-order valence-electron chi connectivity index (χ2n) is 9.47. The maximum Gasteiger partial charge on any atom is 0.418 e. The molecule has 0 amide bonds. The molecule has 0 aromatic carbocycles. The van der Waals surface area contributed by atoms with Gasteiger partial charge in [0.1, 0.15) is 0 Å². The highest BCUT2D eigenvalue weighted by Gasteiger charge is 2.63. The highest BCUT2D eigenvalue weighted by Crippen LogP contribution is 2.48. The Morgan fingerprint density at radius 1 is 0.909 bits per heavy atom. The fraction of sp³-hybridized carbons (Fsp3) is 1.00. The molecule has 6 nitrogen and oxygen atoms in total. The molecule has 33 heavy (non-hydrogen) atoms. The summed E-state index contributed by atoms with van der Waals surface area (Å²) in [4.78, 5) is 0. The second-order valence-corrected chi connectivity index (χ2v) is 9.47. The molecule has 5 unspecified atom stereocenters. The third-order valence-electron chi connectivity index (χ3n) is 6.78. The Bertz CT molecular complexity index is 681. The van der Waals surface area contributed by atoms with E-state index in [9.17, 15) is 35.1 Å². The first-order chi connectivity index (χ1) is 15.2. The molecule has 5 saturated heterocycles. The molecular weight excluding hydrogens is 470 g/mol. The lowest BCUT2D eigenvalue weighted by Gasteiger charge is -2.49. The van der Waals surface area contributed by atoms with Crippen molar-refractivity contribution in [1.82, 2.24) is 16.0 Å². The number of halogens is 8. The minimum atomic E-state index is -4.22. The number of alkyl halides is 8. The number of ether oxygens (including phenoxy) is 3. The van der Waals surface area contributed by atoms with Crippen molar-refractivity contribution in [3.8, 4) is 0 Å². The largest absolute Gasteiger partial charge is 0.418 e. The number of hydrogen-bond acceptors (Lipinski definition) is 6. The molecule has 5 heterocycles. The molecule has 5 atom stereocenters. The van der Waals surface area contributed by atoms with E-state index in [4.69, 9.17) is 14.2 Å². The normalized spacial score (nSPS) is 40.0. The van der Waals surface area contributed by atoms with Gasteiger partial charge in [-0.3, -0.25) is 0 Å². The summed E-state index contributed by atoms with van der Waals surface area (Å²) in [6.07, 6.45) is -9.83. The zero-order valence-corrected chi connectivity index (χ0v) is 17.6. The van der Waals surface area contributed by atoms with Crippen LogP contribution in [0.3, 0.4) is 0 Å². The van der Waals surface area contributed by atoms with Crippen molar-refractivity contribution in [2.45, 2.75) is 79.5 Å². The van der Waals surface area contributed by atoms with Crippen LogP contribution in [-0.2, 0) is 14.2 Å². The molecule has 1 aliphatic carbocycles. The number of morpholine rings is 3. The van der Waals surface area contributed by atoms with Crippen LogP contribution in [0.4, 0.5) is 35.1 Å². The molecule has 6 rings (SSSR count). The average molecular weight is 497 g/mol. The Hall–Kier alpha value is -0.800. The molecular formula is C19H27F8N3O3. The zero-order chi connectivity index (χ0) is 24.1. The molecule has 192 valence electrons. The maximum absolute atomic E-state index is 12.5. The highest BCUT2D eigenvalue weighted by atomic mass is 19.4. The van der Waals surface area contributed by atoms with Gasteiger partial charge in [0.25, 0.3) is 5.92 Å². The van der Waals surface area contributed by atoms with Crippen molar-refractivity contribution in [2.75, 3.05) is 39.4 Å². The van der Waals surface area contributed by atoms with Crippen LogP contribution in [0, 0.1) is 0 Å². The minimum Gasteiger partial charge on any atom is -0.372 e. The lowest BCUT2D eigenvalue weighted by molar-refractivity contribution is -0.259. The van der Waals surface area contributed by atoms with Crippen molar-refractivity contribution in [3.05, 3.63) is 0 Å². The molecule has 1 saturated carbocycles. The minimum absolute atomic E-state index is 0.0799. The zero-order valence-electron chi connectivity index (χ0n) is 17.6. The maximum atomic E-state index is 12.5. The van der Waals surface area contributed by atoms with Crippen LogP contribution in [0.25, 0.3) is 0 Å². The Kier molecular flexibility index (Phi) is 6.67. The van der Waals surface area contributed by atoms with Crippen LogP contribution in [-0.4, -0.2) is 93.2 Å². The quantitative estimate of drug-likeness (QED) is 0.446. The standard InChI is InChI=1S/C7H11F2NO.2C6H8F3NO/c8-7(9)3-6(4-7)5-10-1-2-11-6;7-6(8,9)5-1-4(2-11-5)10-3-5;7-6(8,9)5-4-1-3(11-5)2-10-4/h10H,1-5H2;4,10H,1-3H2;3-5,10H,1-2H2. The van der Waals surface area contributed by atoms with E-state index in [1.165, 1.54) is 0 Å². The van der Waals surface area contributed by atoms with Gasteiger partial charge in [0.15, 0.2) is 11.7 Å². The van der Waals surface area contributed by atoms with Crippen molar-refractivity contribution in [3.63, 3.8) is 0 Å². The molecule has 4 bridgehead atoms. The fourth-order valence-electron chi connectivity index (χ4n) is 5.14. The monoisotopic (exact) mass is 497 g/mol. The van der Waals surface area contributed by atoms with Gasteiger partial charge in [0, 0.05) is 57.5 Å². The van der Waals surface area contributed by atoms with Gasteiger partial charge in [-0.05, 0) is 6.42 Å². The van der Waals surface area contributed by atoms with Crippen LogP contribution in [0.5, 0.6) is 0 Å². The first-order valence-electron chi connectivity index (χ1n) is 10.8. The summed E-state index contributed by atoms with van der Waals surface area (Å²) in [5.74, 6) is -2.47. The van der Waals surface area contributed by atoms with Crippen molar-refractivity contribution >= 4 is 0 Å². The number of fused-ring (bicyclic) bond motifs is 4. The Morgan fingerprint density at radius 3 is 1.94 bits per heavy atom. The Morgan fingerprint density at radius 2 is 1.64 bits per heavy atom. The third-order valence-corrected chi connectivity index (χ3v) is 6.78. The second kappa shape index (κ2) is 8.70. The van der Waals surface area contributed by atoms with Crippen LogP contribution in [0.2, 0.25) is 0 Å². The van der Waals surface area contributed by atoms with Gasteiger partial charge in [-0.15, -0.1) is 0 Å². The van der Waals surface area contributed by atoms with Gasteiger partial charge < -0.3 is 30.2 Å². The molecule has 14 heteroatoms. The first kappa shape index (κ1) is 25.3. The summed E-state index contributed by atoms with van der Waals surface area (Å²) < 4.78 is 113. The predicted molar refractivity (Wildman–Crippen MR) is 98.0 cm³/mol. The van der Waals surface area contributed by atoms with E-state index >= 15 is 0 Å². The fourth-order valence-corrected chi connectivity index (χ4v) is 5.14. The molecule has 0 aromatic heterocycles. The van der Waals surface area contributed by atoms with Crippen molar-refractivity contribution < 1.29 is 49.3 Å². The Balaban J connectivity index is 0.000000118. The average Bonchev–Trinajstić information content (AvgIpc) is 3.48. The van der Waals surface area contributed by atoms with Gasteiger partial charge in [-0.1, -0.05) is 0 Å². The van der Waals surface area contributed by atoms with Crippen LogP contribution in [0.15, 0.2) is 0 Å². The third kappa shape index (κ3) is 5.40. The van der Waals surface area contributed by atoms with E-state index in [0.717, 1.165) is 6.54 Å². The van der Waals surface area contributed by atoms with E-state index in [-0.39, 0.29) is 44.6 Å². The molecule has 0 aromatic rings. The van der Waals surface area contributed by atoms with Crippen LogP contribution in [0.1, 0.15) is 25.7 Å². The van der Waals surface area contributed by atoms with E-state index in [1.54, 1.807) is 0 Å². The van der Waals surface area contributed by atoms with E-state index in [0.29, 0.717) is 26.1 Å². The first-order valence-corrected chi connectivity index (χ1v) is 10.8. The molecule has 3 N–H and O–H groups in total. The Labute approximate surface area is 185 Å². The lowest BCUT2D eigenvalue weighted by Crippen LogP contribution is -2.61. The smallest absolute Gasteiger partial charge is 0.372 e. The van der Waals surface area contributed by atoms with Gasteiger partial charge >= 0.3 is 12.4 Å². The number of nitrogens with one attached hydrogen (secondary N) is 3. The van der Waals surface area contributed by atoms with Crippen molar-refractivity contribution in [1.29, 1.82) is 0 Å². The SMILES string of the molecule is FC(F)(F)C12CNC(CO1)C2.FC(F)(F)C1OC2CNC1C2.FC1(F)CC2(CNCCO2)C1. The predicted octanol–water partition coefficient (Wildman–Crippen LogP) is 2.13. The topological polar surface area (TPSA) is 63.8 Å². The van der Waals surface area contributed by atoms with E-state index in [2.05, 4.69) is 16.0 Å². The van der Waals surface area contributed by atoms with E-state index in [1.807, 2.05) is 0 Å².